The summed E-state index contributed by atoms with van der Waals surface area (Å²) in [4.78, 5) is 12.0. The van der Waals surface area contributed by atoms with E-state index in [1.807, 2.05) is 6.92 Å². The smallest absolute Gasteiger partial charge is 0.253 e. The van der Waals surface area contributed by atoms with E-state index >= 15 is 0 Å². The average molecular weight is 299 g/mol. The Morgan fingerprint density at radius 3 is 2.95 bits per heavy atom. The zero-order valence-electron chi connectivity index (χ0n) is 11.4. The second-order valence-corrected chi connectivity index (χ2v) is 5.03. The summed E-state index contributed by atoms with van der Waals surface area (Å²) in [5, 5.41) is 3.26. The number of hydrogen-bond acceptors (Lipinski definition) is 4. The van der Waals surface area contributed by atoms with Crippen molar-refractivity contribution in [2.45, 2.75) is 32.0 Å². The highest BCUT2D eigenvalue weighted by atomic mass is 35.5. The third kappa shape index (κ3) is 3.62. The molecule has 1 aliphatic heterocycles. The first-order valence-corrected chi connectivity index (χ1v) is 7.10. The van der Waals surface area contributed by atoms with Gasteiger partial charge in [-0.25, -0.2) is 0 Å². The van der Waals surface area contributed by atoms with Crippen LogP contribution < -0.4 is 15.8 Å². The highest BCUT2D eigenvalue weighted by Crippen LogP contribution is 2.28. The third-order valence-corrected chi connectivity index (χ3v) is 3.46. The van der Waals surface area contributed by atoms with E-state index < -0.39 is 6.10 Å². The summed E-state index contributed by atoms with van der Waals surface area (Å²) in [6.45, 7) is 2.87. The van der Waals surface area contributed by atoms with Crippen LogP contribution in [0.25, 0.3) is 0 Å². The van der Waals surface area contributed by atoms with Crippen LogP contribution in [0.5, 0.6) is 5.75 Å². The van der Waals surface area contributed by atoms with Crippen LogP contribution >= 0.6 is 11.6 Å². The molecule has 2 rings (SSSR count). The van der Waals surface area contributed by atoms with Gasteiger partial charge < -0.3 is 20.5 Å². The predicted octanol–water partition coefficient (Wildman–Crippen LogP) is 2.18. The van der Waals surface area contributed by atoms with Crippen molar-refractivity contribution < 1.29 is 14.3 Å². The van der Waals surface area contributed by atoms with Crippen LogP contribution in [0.1, 0.15) is 19.8 Å². The summed E-state index contributed by atoms with van der Waals surface area (Å²) in [6, 6.07) is 5.16. The number of anilines is 1. The van der Waals surface area contributed by atoms with Crippen molar-refractivity contribution in [1.82, 2.24) is 0 Å². The van der Waals surface area contributed by atoms with Gasteiger partial charge in [0.25, 0.3) is 5.91 Å². The first-order chi connectivity index (χ1) is 9.63. The molecule has 1 aromatic rings. The van der Waals surface area contributed by atoms with Gasteiger partial charge >= 0.3 is 0 Å². The van der Waals surface area contributed by atoms with Crippen LogP contribution in [-0.4, -0.2) is 31.3 Å². The van der Waals surface area contributed by atoms with E-state index in [1.54, 1.807) is 18.2 Å². The van der Waals surface area contributed by atoms with Crippen LogP contribution in [0.2, 0.25) is 5.02 Å². The van der Waals surface area contributed by atoms with Crippen LogP contribution in [0.4, 0.5) is 5.69 Å². The van der Waals surface area contributed by atoms with Crippen molar-refractivity contribution in [1.29, 1.82) is 0 Å². The Balaban J connectivity index is 1.96. The number of rotatable bonds is 5. The molecule has 3 N–H and O–H groups in total. The van der Waals surface area contributed by atoms with Gasteiger partial charge in [0.1, 0.15) is 11.9 Å². The lowest BCUT2D eigenvalue weighted by molar-refractivity contribution is -0.126. The molecule has 1 aromatic carbocycles. The Morgan fingerprint density at radius 1 is 1.55 bits per heavy atom. The molecular weight excluding hydrogens is 280 g/mol. The van der Waals surface area contributed by atoms with E-state index in [9.17, 15) is 4.79 Å². The Bertz CT molecular complexity index is 481. The molecule has 0 aromatic heterocycles. The maximum absolute atomic E-state index is 12.0. The van der Waals surface area contributed by atoms with E-state index in [2.05, 4.69) is 5.32 Å². The molecular formula is C14H19ClN2O3. The molecule has 1 fully saturated rings. The van der Waals surface area contributed by atoms with Crippen LogP contribution in [0.3, 0.4) is 0 Å². The van der Waals surface area contributed by atoms with Crippen molar-refractivity contribution in [2.75, 3.05) is 18.5 Å². The van der Waals surface area contributed by atoms with Crippen LogP contribution in [-0.2, 0) is 9.53 Å². The van der Waals surface area contributed by atoms with E-state index in [4.69, 9.17) is 26.8 Å². The van der Waals surface area contributed by atoms with Gasteiger partial charge in [-0.2, -0.15) is 0 Å². The van der Waals surface area contributed by atoms with E-state index in [1.165, 1.54) is 0 Å². The highest BCUT2D eigenvalue weighted by molar-refractivity contribution is 6.32. The largest absolute Gasteiger partial charge is 0.492 e. The molecule has 1 saturated heterocycles. The summed E-state index contributed by atoms with van der Waals surface area (Å²) >= 11 is 6.07. The van der Waals surface area contributed by atoms with Gasteiger partial charge in [-0.3, -0.25) is 4.79 Å². The van der Waals surface area contributed by atoms with Gasteiger partial charge in [0.15, 0.2) is 0 Å². The highest BCUT2D eigenvalue weighted by Gasteiger charge is 2.29. The number of nitrogens with one attached hydrogen (secondary N) is 1. The fraction of sp³-hybridized carbons (Fsp3) is 0.500. The minimum Gasteiger partial charge on any atom is -0.492 e. The number of hydrogen-bond donors (Lipinski definition) is 2. The minimum absolute atomic E-state index is 0.0188. The molecule has 1 amide bonds. The van der Waals surface area contributed by atoms with Crippen LogP contribution in [0.15, 0.2) is 18.2 Å². The lowest BCUT2D eigenvalue weighted by Crippen LogP contribution is -2.29. The molecule has 0 bridgehead atoms. The summed E-state index contributed by atoms with van der Waals surface area (Å²) in [6.07, 6.45) is 1.06. The molecule has 20 heavy (non-hydrogen) atoms. The summed E-state index contributed by atoms with van der Waals surface area (Å²) < 4.78 is 10.9. The number of amides is 1. The fourth-order valence-electron chi connectivity index (χ4n) is 2.15. The maximum atomic E-state index is 12.0. The predicted molar refractivity (Wildman–Crippen MR) is 78.2 cm³/mol. The Kier molecular flexibility index (Phi) is 5.23. The maximum Gasteiger partial charge on any atom is 0.253 e. The minimum atomic E-state index is -0.436. The first-order valence-electron chi connectivity index (χ1n) is 6.72. The molecule has 5 nitrogen and oxygen atoms in total. The van der Waals surface area contributed by atoms with E-state index in [-0.39, 0.29) is 12.0 Å². The Hall–Kier alpha value is -1.30. The number of nitrogens with two attached hydrogens (primary N) is 1. The summed E-state index contributed by atoms with van der Waals surface area (Å²) in [5.74, 6) is 0.439. The van der Waals surface area contributed by atoms with Crippen LogP contribution in [0, 0.1) is 0 Å². The van der Waals surface area contributed by atoms with Crippen molar-refractivity contribution in [3.63, 3.8) is 0 Å². The second kappa shape index (κ2) is 6.92. The van der Waals surface area contributed by atoms with Crippen molar-refractivity contribution in [3.05, 3.63) is 23.2 Å². The monoisotopic (exact) mass is 298 g/mol. The number of ether oxygens (including phenoxy) is 2. The molecule has 2 unspecified atom stereocenters. The first kappa shape index (κ1) is 15.1. The molecule has 0 saturated carbocycles. The normalized spacial score (nSPS) is 21.8. The van der Waals surface area contributed by atoms with Gasteiger partial charge in [0.05, 0.1) is 17.7 Å². The second-order valence-electron chi connectivity index (χ2n) is 4.63. The van der Waals surface area contributed by atoms with Gasteiger partial charge in [-0.1, -0.05) is 11.6 Å². The number of carbonyl (C=O) groups is 1. The van der Waals surface area contributed by atoms with Gasteiger partial charge in [0.2, 0.25) is 0 Å². The molecule has 0 spiro atoms. The molecule has 0 radical (unpaired) electrons. The quantitative estimate of drug-likeness (QED) is 0.874. The SMILES string of the molecule is CCOc1ccc(NC(=O)C2CCC(CN)O2)cc1Cl. The van der Waals surface area contributed by atoms with Gasteiger partial charge in [-0.15, -0.1) is 0 Å². The summed E-state index contributed by atoms with van der Waals surface area (Å²) in [7, 11) is 0. The summed E-state index contributed by atoms with van der Waals surface area (Å²) in [5.41, 5.74) is 6.15. The molecule has 1 aliphatic rings. The van der Waals surface area contributed by atoms with Gasteiger partial charge in [-0.05, 0) is 38.0 Å². The number of carbonyl (C=O) groups excluding carboxylic acids is 1. The Morgan fingerprint density at radius 2 is 2.35 bits per heavy atom. The van der Waals surface area contributed by atoms with E-state index in [0.29, 0.717) is 36.0 Å². The topological polar surface area (TPSA) is 73.6 Å². The number of benzene rings is 1. The van der Waals surface area contributed by atoms with E-state index in [0.717, 1.165) is 6.42 Å². The zero-order chi connectivity index (χ0) is 14.5. The molecule has 2 atom stereocenters. The zero-order valence-corrected chi connectivity index (χ0v) is 12.2. The fourth-order valence-corrected chi connectivity index (χ4v) is 2.38. The molecule has 6 heteroatoms. The standard InChI is InChI=1S/C14H19ClN2O3/c1-2-19-12-5-3-9(7-11(12)15)17-14(18)13-6-4-10(8-16)20-13/h3,5,7,10,13H,2,4,6,8,16H2,1H3,(H,17,18). The van der Waals surface area contributed by atoms with Crippen molar-refractivity contribution >= 4 is 23.2 Å². The number of halogens is 1. The Labute approximate surface area is 123 Å². The van der Waals surface area contributed by atoms with Crippen molar-refractivity contribution in [2.24, 2.45) is 5.73 Å². The van der Waals surface area contributed by atoms with Crippen molar-refractivity contribution in [3.8, 4) is 5.75 Å². The molecule has 0 aliphatic carbocycles. The lowest BCUT2D eigenvalue weighted by Gasteiger charge is -2.13. The molecule has 1 heterocycles. The lowest BCUT2D eigenvalue weighted by atomic mass is 10.2. The molecule has 110 valence electrons. The average Bonchev–Trinajstić information content (AvgIpc) is 2.91. The third-order valence-electron chi connectivity index (χ3n) is 3.16. The van der Waals surface area contributed by atoms with Gasteiger partial charge in [0, 0.05) is 12.2 Å².